The van der Waals surface area contributed by atoms with Crippen LogP contribution in [0.3, 0.4) is 0 Å². The van der Waals surface area contributed by atoms with Crippen LogP contribution >= 0.6 is 34.4 Å². The number of thiophene rings is 1. The van der Waals surface area contributed by atoms with Crippen molar-refractivity contribution in [3.63, 3.8) is 0 Å². The number of phenolic OH excluding ortho intramolecular Hbond substituents is 1. The molecule has 0 saturated heterocycles. The molecular weight excluding hydrogens is 364 g/mol. The van der Waals surface area contributed by atoms with Crippen molar-refractivity contribution >= 4 is 51.2 Å². The van der Waals surface area contributed by atoms with E-state index in [1.54, 1.807) is 30.0 Å². The van der Waals surface area contributed by atoms with Gasteiger partial charge < -0.3 is 15.2 Å². The molecule has 0 aliphatic carbocycles. The van der Waals surface area contributed by atoms with Gasteiger partial charge in [-0.1, -0.05) is 6.07 Å². The number of nitrogens with zero attached hydrogens (tertiary/aromatic N) is 1. The van der Waals surface area contributed by atoms with Gasteiger partial charge in [0.15, 0.2) is 5.13 Å². The Kier molecular flexibility index (Phi) is 5.08. The van der Waals surface area contributed by atoms with Crippen molar-refractivity contribution in [3.05, 3.63) is 40.6 Å². The Hall–Kier alpha value is -2.03. The molecule has 0 aliphatic rings. The van der Waals surface area contributed by atoms with Gasteiger partial charge >= 0.3 is 5.97 Å². The fourth-order valence-electron chi connectivity index (χ4n) is 2.07. The largest absolute Gasteiger partial charge is 0.508 e. The van der Waals surface area contributed by atoms with Crippen LogP contribution in [-0.4, -0.2) is 29.4 Å². The number of aromatic hydroxyl groups is 1. The SMILES string of the molecule is COC(=O)c1cc(-c2csc(Nc3cccc(O)c3)n2)c(SC)s1. The van der Waals surface area contributed by atoms with Crippen LogP contribution < -0.4 is 5.32 Å². The first kappa shape index (κ1) is 16.8. The molecule has 3 rings (SSSR count). The Balaban J connectivity index is 1.87. The second-order valence-electron chi connectivity index (χ2n) is 4.72. The molecule has 124 valence electrons. The molecule has 0 amide bonds. The fraction of sp³-hybridized carbons (Fsp3) is 0.125. The molecule has 3 aromatic rings. The van der Waals surface area contributed by atoms with E-state index in [0.29, 0.717) is 10.0 Å². The van der Waals surface area contributed by atoms with Gasteiger partial charge in [0, 0.05) is 22.7 Å². The number of thioether (sulfide) groups is 1. The van der Waals surface area contributed by atoms with Gasteiger partial charge in [0.1, 0.15) is 10.6 Å². The second kappa shape index (κ2) is 7.25. The quantitative estimate of drug-likeness (QED) is 0.489. The van der Waals surface area contributed by atoms with E-state index in [1.165, 1.54) is 29.8 Å². The van der Waals surface area contributed by atoms with E-state index in [1.807, 2.05) is 23.8 Å². The molecule has 2 aromatic heterocycles. The van der Waals surface area contributed by atoms with Gasteiger partial charge in [-0.15, -0.1) is 34.4 Å². The molecule has 0 aliphatic heterocycles. The highest BCUT2D eigenvalue weighted by molar-refractivity contribution is 8.00. The summed E-state index contributed by atoms with van der Waals surface area (Å²) in [5.41, 5.74) is 2.49. The van der Waals surface area contributed by atoms with Gasteiger partial charge in [0.25, 0.3) is 0 Å². The van der Waals surface area contributed by atoms with Gasteiger partial charge in [-0.25, -0.2) is 9.78 Å². The van der Waals surface area contributed by atoms with Crippen molar-refractivity contribution in [2.24, 2.45) is 0 Å². The number of carbonyl (C=O) groups excluding carboxylic acids is 1. The number of carbonyl (C=O) groups is 1. The van der Waals surface area contributed by atoms with Crippen LogP contribution in [0.15, 0.2) is 39.9 Å². The Bertz CT molecular complexity index is 873. The maximum absolute atomic E-state index is 11.7. The third kappa shape index (κ3) is 3.55. The summed E-state index contributed by atoms with van der Waals surface area (Å²) in [7, 11) is 1.38. The average Bonchev–Trinajstić information content (AvgIpc) is 3.20. The zero-order chi connectivity index (χ0) is 17.1. The van der Waals surface area contributed by atoms with Gasteiger partial charge in [-0.3, -0.25) is 0 Å². The first-order chi connectivity index (χ1) is 11.6. The highest BCUT2D eigenvalue weighted by Gasteiger charge is 2.18. The van der Waals surface area contributed by atoms with Crippen LogP contribution in [0.25, 0.3) is 11.3 Å². The molecule has 2 heterocycles. The average molecular weight is 379 g/mol. The molecule has 0 radical (unpaired) electrons. The zero-order valence-corrected chi connectivity index (χ0v) is 15.3. The molecule has 24 heavy (non-hydrogen) atoms. The fourth-order valence-corrected chi connectivity index (χ4v) is 4.60. The lowest BCUT2D eigenvalue weighted by molar-refractivity contribution is 0.0606. The number of rotatable bonds is 5. The number of esters is 1. The molecule has 0 bridgehead atoms. The van der Waals surface area contributed by atoms with E-state index in [4.69, 9.17) is 4.74 Å². The molecule has 0 unspecified atom stereocenters. The van der Waals surface area contributed by atoms with E-state index >= 15 is 0 Å². The number of nitrogens with one attached hydrogen (secondary N) is 1. The number of phenols is 1. The van der Waals surface area contributed by atoms with Crippen molar-refractivity contribution in [2.45, 2.75) is 4.21 Å². The molecule has 0 fully saturated rings. The Morgan fingerprint density at radius 2 is 2.21 bits per heavy atom. The molecule has 2 N–H and O–H groups in total. The van der Waals surface area contributed by atoms with Crippen LogP contribution in [0.1, 0.15) is 9.67 Å². The number of methoxy groups -OCH3 is 1. The van der Waals surface area contributed by atoms with E-state index in [-0.39, 0.29) is 11.7 Å². The Morgan fingerprint density at radius 3 is 2.92 bits per heavy atom. The number of ether oxygens (including phenoxy) is 1. The summed E-state index contributed by atoms with van der Waals surface area (Å²) >= 11 is 4.44. The van der Waals surface area contributed by atoms with Crippen molar-refractivity contribution < 1.29 is 14.6 Å². The molecule has 1 aromatic carbocycles. The van der Waals surface area contributed by atoms with Crippen LogP contribution in [0, 0.1) is 0 Å². The summed E-state index contributed by atoms with van der Waals surface area (Å²) in [5, 5.41) is 15.3. The predicted molar refractivity (Wildman–Crippen MR) is 99.9 cm³/mol. The van der Waals surface area contributed by atoms with Gasteiger partial charge in [0.2, 0.25) is 0 Å². The first-order valence-corrected chi connectivity index (χ1v) is 9.81. The van der Waals surface area contributed by atoms with E-state index < -0.39 is 0 Å². The van der Waals surface area contributed by atoms with E-state index in [2.05, 4.69) is 10.3 Å². The third-order valence-corrected chi connectivity index (χ3v) is 6.16. The summed E-state index contributed by atoms with van der Waals surface area (Å²) in [6.45, 7) is 0. The highest BCUT2D eigenvalue weighted by atomic mass is 32.2. The lowest BCUT2D eigenvalue weighted by Crippen LogP contribution is -1.96. The van der Waals surface area contributed by atoms with Crippen molar-refractivity contribution in [2.75, 3.05) is 18.7 Å². The lowest BCUT2D eigenvalue weighted by Gasteiger charge is -2.02. The molecule has 5 nitrogen and oxygen atoms in total. The second-order valence-corrected chi connectivity index (χ2v) is 7.71. The minimum atomic E-state index is -0.338. The van der Waals surface area contributed by atoms with Crippen LogP contribution in [0.2, 0.25) is 0 Å². The van der Waals surface area contributed by atoms with Crippen LogP contribution in [-0.2, 0) is 4.74 Å². The Morgan fingerprint density at radius 1 is 1.38 bits per heavy atom. The van der Waals surface area contributed by atoms with Crippen LogP contribution in [0.4, 0.5) is 10.8 Å². The third-order valence-electron chi connectivity index (χ3n) is 3.15. The topological polar surface area (TPSA) is 71.5 Å². The molecule has 0 spiro atoms. The van der Waals surface area contributed by atoms with Crippen LogP contribution in [0.5, 0.6) is 5.75 Å². The zero-order valence-electron chi connectivity index (χ0n) is 12.9. The standard InChI is InChI=1S/C16H14N2O3S3/c1-21-14(20)13-7-11(15(22-2)24-13)12-8-23-16(18-12)17-9-4-3-5-10(19)6-9/h3-8,19H,1-2H3,(H,17,18). The van der Waals surface area contributed by atoms with Gasteiger partial charge in [-0.2, -0.15) is 0 Å². The maximum Gasteiger partial charge on any atom is 0.348 e. The summed E-state index contributed by atoms with van der Waals surface area (Å²) in [6, 6.07) is 8.68. The Labute approximate surface area is 151 Å². The summed E-state index contributed by atoms with van der Waals surface area (Å²) < 4.78 is 5.81. The summed E-state index contributed by atoms with van der Waals surface area (Å²) in [5.74, 6) is -0.142. The summed E-state index contributed by atoms with van der Waals surface area (Å²) in [4.78, 5) is 16.9. The number of hydrogen-bond donors (Lipinski definition) is 2. The minimum Gasteiger partial charge on any atom is -0.508 e. The molecule has 8 heteroatoms. The number of hydrogen-bond acceptors (Lipinski definition) is 8. The van der Waals surface area contributed by atoms with Gasteiger partial charge in [-0.05, 0) is 24.5 Å². The molecule has 0 atom stereocenters. The lowest BCUT2D eigenvalue weighted by atomic mass is 10.2. The first-order valence-electron chi connectivity index (χ1n) is 6.89. The monoisotopic (exact) mass is 378 g/mol. The summed E-state index contributed by atoms with van der Waals surface area (Å²) in [6.07, 6.45) is 1.97. The van der Waals surface area contributed by atoms with Crippen molar-refractivity contribution in [1.29, 1.82) is 0 Å². The minimum absolute atomic E-state index is 0.196. The number of thiazole rings is 1. The normalized spacial score (nSPS) is 10.6. The number of anilines is 2. The van der Waals surface area contributed by atoms with E-state index in [0.717, 1.165) is 21.2 Å². The number of aromatic nitrogens is 1. The van der Waals surface area contributed by atoms with E-state index in [9.17, 15) is 9.90 Å². The maximum atomic E-state index is 11.7. The van der Waals surface area contributed by atoms with Crippen molar-refractivity contribution in [1.82, 2.24) is 4.98 Å². The predicted octanol–water partition coefficient (Wildman–Crippen LogP) is 4.83. The smallest absolute Gasteiger partial charge is 0.348 e. The molecular formula is C16H14N2O3S3. The number of benzene rings is 1. The van der Waals surface area contributed by atoms with Crippen molar-refractivity contribution in [3.8, 4) is 17.0 Å². The molecule has 0 saturated carbocycles. The highest BCUT2D eigenvalue weighted by Crippen LogP contribution is 2.39. The van der Waals surface area contributed by atoms with Gasteiger partial charge in [0.05, 0.1) is 17.0 Å².